The molecule has 0 fully saturated rings. The van der Waals surface area contributed by atoms with Crippen LogP contribution in [-0.2, 0) is 0 Å². The predicted molar refractivity (Wildman–Crippen MR) is 48.6 cm³/mol. The van der Waals surface area contributed by atoms with Crippen LogP contribution < -0.4 is 5.32 Å². The summed E-state index contributed by atoms with van der Waals surface area (Å²) >= 11 is 0. The van der Waals surface area contributed by atoms with Crippen molar-refractivity contribution in [2.75, 3.05) is 6.54 Å². The second-order valence-electron chi connectivity index (χ2n) is 2.82. The van der Waals surface area contributed by atoms with Crippen molar-refractivity contribution in [1.82, 2.24) is 5.32 Å². The van der Waals surface area contributed by atoms with Gasteiger partial charge in [-0.3, -0.25) is 4.99 Å². The lowest BCUT2D eigenvalue weighted by Gasteiger charge is -2.08. The minimum absolute atomic E-state index is 0.786. The normalized spacial score (nSPS) is 23.4. The Bertz CT molecular complexity index is 234. The number of rotatable bonds is 0. The van der Waals surface area contributed by atoms with Gasteiger partial charge in [-0.05, 0) is 32.9 Å². The van der Waals surface area contributed by atoms with Crippen molar-refractivity contribution in [2.24, 2.45) is 4.99 Å². The van der Waals surface area contributed by atoms with Crippen molar-refractivity contribution in [1.29, 1.82) is 0 Å². The molecule has 2 nitrogen and oxygen atoms in total. The molecule has 0 bridgehead atoms. The van der Waals surface area contributed by atoms with Gasteiger partial charge in [-0.1, -0.05) is 0 Å². The molecule has 0 atom stereocenters. The lowest BCUT2D eigenvalue weighted by Crippen LogP contribution is -2.11. The highest BCUT2D eigenvalue weighted by atomic mass is 14.9. The van der Waals surface area contributed by atoms with E-state index in [0.29, 0.717) is 0 Å². The molecule has 1 N–H and O–H groups in total. The molecule has 0 unspecified atom stereocenters. The molecule has 1 aliphatic rings. The fourth-order valence-electron chi connectivity index (χ4n) is 1.08. The fraction of sp³-hybridized carbons (Fsp3) is 0.444. The lowest BCUT2D eigenvalue weighted by atomic mass is 10.3. The third-order valence-electron chi connectivity index (χ3n) is 1.56. The lowest BCUT2D eigenvalue weighted by molar-refractivity contribution is 0.949. The Kier molecular flexibility index (Phi) is 2.47. The molecule has 0 aromatic heterocycles. The quantitative estimate of drug-likeness (QED) is 0.560. The summed E-state index contributed by atoms with van der Waals surface area (Å²) in [5.41, 5.74) is 3.41. The molecule has 0 amide bonds. The summed E-state index contributed by atoms with van der Waals surface area (Å²) in [5, 5.41) is 3.25. The maximum atomic E-state index is 4.31. The first kappa shape index (κ1) is 8.05. The van der Waals surface area contributed by atoms with Gasteiger partial charge in [-0.2, -0.15) is 0 Å². The molecule has 1 heterocycles. The highest BCUT2D eigenvalue weighted by Gasteiger charge is 1.94. The summed E-state index contributed by atoms with van der Waals surface area (Å²) in [4.78, 5) is 4.31. The van der Waals surface area contributed by atoms with Crippen molar-refractivity contribution in [3.05, 3.63) is 23.5 Å². The molecule has 60 valence electrons. The van der Waals surface area contributed by atoms with Gasteiger partial charge in [0.25, 0.3) is 0 Å². The predicted octanol–water partition coefficient (Wildman–Crippen LogP) is 1.86. The molecule has 0 aromatic carbocycles. The van der Waals surface area contributed by atoms with Gasteiger partial charge in [0.05, 0.1) is 6.54 Å². The molecule has 0 saturated carbocycles. The Morgan fingerprint density at radius 2 is 2.00 bits per heavy atom. The Morgan fingerprint density at radius 3 is 2.73 bits per heavy atom. The van der Waals surface area contributed by atoms with E-state index in [1.54, 1.807) is 0 Å². The monoisotopic (exact) mass is 150 g/mol. The first-order valence-electron chi connectivity index (χ1n) is 3.81. The second kappa shape index (κ2) is 3.37. The van der Waals surface area contributed by atoms with Gasteiger partial charge in [0, 0.05) is 17.1 Å². The van der Waals surface area contributed by atoms with Crippen LogP contribution in [0.1, 0.15) is 20.8 Å². The van der Waals surface area contributed by atoms with Gasteiger partial charge in [-0.15, -0.1) is 0 Å². The van der Waals surface area contributed by atoms with Gasteiger partial charge in [0.2, 0.25) is 0 Å². The average Bonchev–Trinajstić information content (AvgIpc) is 1.83. The van der Waals surface area contributed by atoms with Gasteiger partial charge < -0.3 is 5.32 Å². The summed E-state index contributed by atoms with van der Waals surface area (Å²) in [6, 6.07) is 0. The van der Waals surface area contributed by atoms with Crippen molar-refractivity contribution in [2.45, 2.75) is 20.8 Å². The summed E-state index contributed by atoms with van der Waals surface area (Å²) in [6.45, 7) is 6.89. The maximum Gasteiger partial charge on any atom is 0.0592 e. The summed E-state index contributed by atoms with van der Waals surface area (Å²) < 4.78 is 0. The van der Waals surface area contributed by atoms with Crippen LogP contribution in [0, 0.1) is 0 Å². The Morgan fingerprint density at radius 1 is 1.27 bits per heavy atom. The average molecular weight is 150 g/mol. The van der Waals surface area contributed by atoms with E-state index < -0.39 is 0 Å². The Balaban J connectivity index is 2.84. The van der Waals surface area contributed by atoms with E-state index in [9.17, 15) is 0 Å². The second-order valence-corrected chi connectivity index (χ2v) is 2.82. The van der Waals surface area contributed by atoms with Gasteiger partial charge in [-0.25, -0.2) is 0 Å². The van der Waals surface area contributed by atoms with Crippen LogP contribution in [0.2, 0.25) is 0 Å². The minimum atomic E-state index is 0.786. The van der Waals surface area contributed by atoms with Crippen molar-refractivity contribution < 1.29 is 0 Å². The summed E-state index contributed by atoms with van der Waals surface area (Å²) in [5.74, 6) is 0. The number of nitrogens with one attached hydrogen (secondary N) is 1. The van der Waals surface area contributed by atoms with Gasteiger partial charge >= 0.3 is 0 Å². The molecule has 0 aliphatic carbocycles. The molecule has 0 spiro atoms. The van der Waals surface area contributed by atoms with Crippen LogP contribution in [0.15, 0.2) is 28.5 Å². The topological polar surface area (TPSA) is 24.4 Å². The van der Waals surface area contributed by atoms with Gasteiger partial charge in [0.15, 0.2) is 0 Å². The van der Waals surface area contributed by atoms with Crippen LogP contribution in [0.3, 0.4) is 0 Å². The van der Waals surface area contributed by atoms with E-state index >= 15 is 0 Å². The zero-order valence-electron chi connectivity index (χ0n) is 7.31. The zero-order chi connectivity index (χ0) is 8.27. The van der Waals surface area contributed by atoms with E-state index in [2.05, 4.69) is 22.5 Å². The summed E-state index contributed by atoms with van der Waals surface area (Å²) in [7, 11) is 0. The zero-order valence-corrected chi connectivity index (χ0v) is 7.31. The molecule has 0 radical (unpaired) electrons. The van der Waals surface area contributed by atoms with Crippen molar-refractivity contribution >= 4 is 5.71 Å². The van der Waals surface area contributed by atoms with Gasteiger partial charge in [0.1, 0.15) is 0 Å². The number of allylic oxidation sites excluding steroid dienone is 3. The number of nitrogens with zero attached hydrogens (tertiary/aromatic N) is 1. The molecule has 0 aromatic rings. The first-order chi connectivity index (χ1) is 5.18. The minimum Gasteiger partial charge on any atom is -0.363 e. The molecule has 11 heavy (non-hydrogen) atoms. The number of aliphatic imine (C=N–C) groups is 1. The van der Waals surface area contributed by atoms with E-state index in [0.717, 1.165) is 18.0 Å². The molecular formula is C9H14N2. The van der Waals surface area contributed by atoms with E-state index in [1.807, 2.05) is 20.8 Å². The standard InChI is InChI=1S/C9H14N2/c1-7-4-5-10-8(2)6-9(3)11-7/h4,6,11H,5H2,1-3H3/b7-4+,9-6?,10-8?. The summed E-state index contributed by atoms with van der Waals surface area (Å²) in [6.07, 6.45) is 4.14. The SMILES string of the molecule is CC1=CC(C)=NC/C=C(\C)N1. The van der Waals surface area contributed by atoms with Crippen molar-refractivity contribution in [3.63, 3.8) is 0 Å². The van der Waals surface area contributed by atoms with Crippen LogP contribution in [0.25, 0.3) is 0 Å². The number of hydrogen-bond acceptors (Lipinski definition) is 2. The van der Waals surface area contributed by atoms with Crippen LogP contribution in [-0.4, -0.2) is 12.3 Å². The van der Waals surface area contributed by atoms with E-state index in [4.69, 9.17) is 0 Å². The first-order valence-corrected chi connectivity index (χ1v) is 3.81. The Hall–Kier alpha value is -1.05. The third kappa shape index (κ3) is 2.58. The van der Waals surface area contributed by atoms with Crippen LogP contribution in [0.5, 0.6) is 0 Å². The Labute approximate surface area is 67.7 Å². The fourth-order valence-corrected chi connectivity index (χ4v) is 1.08. The highest BCUT2D eigenvalue weighted by Crippen LogP contribution is 1.99. The number of hydrogen-bond donors (Lipinski definition) is 1. The van der Waals surface area contributed by atoms with E-state index in [-0.39, 0.29) is 0 Å². The van der Waals surface area contributed by atoms with Crippen molar-refractivity contribution in [3.8, 4) is 0 Å². The highest BCUT2D eigenvalue weighted by molar-refractivity contribution is 5.93. The molecule has 1 rings (SSSR count). The third-order valence-corrected chi connectivity index (χ3v) is 1.56. The smallest absolute Gasteiger partial charge is 0.0592 e. The maximum absolute atomic E-state index is 4.31. The largest absolute Gasteiger partial charge is 0.363 e. The molecule has 2 heteroatoms. The van der Waals surface area contributed by atoms with Crippen LogP contribution >= 0.6 is 0 Å². The van der Waals surface area contributed by atoms with Crippen LogP contribution in [0.4, 0.5) is 0 Å². The molecule has 0 saturated heterocycles. The molecular weight excluding hydrogens is 136 g/mol. The molecule has 1 aliphatic heterocycles. The van der Waals surface area contributed by atoms with E-state index in [1.165, 1.54) is 5.70 Å².